The fourth-order valence-electron chi connectivity index (χ4n) is 5.74. The number of nitrogens with zero attached hydrogens (tertiary/aromatic N) is 5. The fourth-order valence-corrected chi connectivity index (χ4v) is 5.74. The minimum atomic E-state index is -0.270. The molecule has 1 aliphatic rings. The minimum Gasteiger partial charge on any atom is -0.338 e. The van der Waals surface area contributed by atoms with Crippen molar-refractivity contribution in [1.29, 1.82) is 0 Å². The Labute approximate surface area is 214 Å². The van der Waals surface area contributed by atoms with Crippen LogP contribution in [0.5, 0.6) is 0 Å². The standard InChI is InChI=1S/C30H28FN5O/c1-21-14-28-23(17-33-36(28)26-10-8-25(31)9-11-26)15-27(21)30(16-22-6-4-3-5-7-22)12-13-35(20-30)29(37)24-18-32-34(2)19-24/h3-11,14-15,17-19H,12-13,16,20H2,1-2H3. The van der Waals surface area contributed by atoms with Gasteiger partial charge in [-0.1, -0.05) is 30.3 Å². The van der Waals surface area contributed by atoms with Crippen LogP contribution in [-0.2, 0) is 18.9 Å². The Morgan fingerprint density at radius 2 is 1.81 bits per heavy atom. The van der Waals surface area contributed by atoms with Crippen LogP contribution in [0.3, 0.4) is 0 Å². The van der Waals surface area contributed by atoms with Crippen LogP contribution in [0.1, 0.15) is 33.5 Å². The van der Waals surface area contributed by atoms with Gasteiger partial charge in [-0.25, -0.2) is 9.07 Å². The monoisotopic (exact) mass is 493 g/mol. The van der Waals surface area contributed by atoms with Crippen LogP contribution < -0.4 is 0 Å². The van der Waals surface area contributed by atoms with Crippen LogP contribution in [0.2, 0.25) is 0 Å². The van der Waals surface area contributed by atoms with Gasteiger partial charge in [0.25, 0.3) is 5.91 Å². The summed E-state index contributed by atoms with van der Waals surface area (Å²) in [4.78, 5) is 15.3. The van der Waals surface area contributed by atoms with E-state index in [2.05, 4.69) is 53.5 Å². The van der Waals surface area contributed by atoms with E-state index in [9.17, 15) is 9.18 Å². The number of hydrogen-bond donors (Lipinski definition) is 0. The number of rotatable bonds is 5. The highest BCUT2D eigenvalue weighted by Crippen LogP contribution is 2.41. The molecule has 6 nitrogen and oxygen atoms in total. The van der Waals surface area contributed by atoms with Crippen LogP contribution >= 0.6 is 0 Å². The minimum absolute atomic E-state index is 0.0193. The predicted octanol–water partition coefficient (Wildman–Crippen LogP) is 5.23. The van der Waals surface area contributed by atoms with Gasteiger partial charge < -0.3 is 4.90 Å². The molecule has 1 aliphatic heterocycles. The summed E-state index contributed by atoms with van der Waals surface area (Å²) >= 11 is 0. The summed E-state index contributed by atoms with van der Waals surface area (Å²) in [6.07, 6.45) is 6.99. The quantitative estimate of drug-likeness (QED) is 0.337. The van der Waals surface area contributed by atoms with Crippen molar-refractivity contribution < 1.29 is 9.18 Å². The van der Waals surface area contributed by atoms with E-state index in [0.29, 0.717) is 18.7 Å². The number of hydrogen-bond acceptors (Lipinski definition) is 3. The lowest BCUT2D eigenvalue weighted by Crippen LogP contribution is -2.36. The van der Waals surface area contributed by atoms with Crippen LogP contribution in [0, 0.1) is 12.7 Å². The summed E-state index contributed by atoms with van der Waals surface area (Å²) < 4.78 is 17.0. The first-order valence-electron chi connectivity index (χ1n) is 12.5. The van der Waals surface area contributed by atoms with Crippen molar-refractivity contribution >= 4 is 16.8 Å². The summed E-state index contributed by atoms with van der Waals surface area (Å²) in [6.45, 7) is 3.45. The molecular formula is C30H28FN5O. The van der Waals surface area contributed by atoms with Crippen molar-refractivity contribution in [3.05, 3.63) is 113 Å². The third-order valence-corrected chi connectivity index (χ3v) is 7.53. The van der Waals surface area contributed by atoms with Gasteiger partial charge in [-0.05, 0) is 72.9 Å². The number of carbonyl (C=O) groups excluding carboxylic acids is 1. The number of likely N-dealkylation sites (tertiary alicyclic amines) is 1. The fraction of sp³-hybridized carbons (Fsp3) is 0.233. The maximum atomic E-state index is 13.5. The third kappa shape index (κ3) is 4.20. The first-order valence-corrected chi connectivity index (χ1v) is 12.5. The van der Waals surface area contributed by atoms with Gasteiger partial charge in [0.05, 0.1) is 29.2 Å². The molecule has 1 saturated heterocycles. The van der Waals surface area contributed by atoms with E-state index in [-0.39, 0.29) is 17.1 Å². The largest absolute Gasteiger partial charge is 0.338 e. The first-order chi connectivity index (χ1) is 17.9. The Morgan fingerprint density at radius 3 is 2.54 bits per heavy atom. The molecule has 1 amide bonds. The van der Waals surface area contributed by atoms with Gasteiger partial charge in [-0.3, -0.25) is 9.48 Å². The van der Waals surface area contributed by atoms with Crippen LogP contribution in [0.25, 0.3) is 16.6 Å². The molecular weight excluding hydrogens is 465 g/mol. The second-order valence-electron chi connectivity index (χ2n) is 10.1. The Kier molecular flexibility index (Phi) is 5.63. The molecule has 5 aromatic rings. The van der Waals surface area contributed by atoms with E-state index in [1.807, 2.05) is 28.9 Å². The number of amides is 1. The van der Waals surface area contributed by atoms with Gasteiger partial charge in [0.15, 0.2) is 0 Å². The number of aryl methyl sites for hydroxylation is 2. The van der Waals surface area contributed by atoms with Gasteiger partial charge in [0.1, 0.15) is 5.82 Å². The molecule has 37 heavy (non-hydrogen) atoms. The molecule has 1 fully saturated rings. The molecule has 2 aromatic heterocycles. The first kappa shape index (κ1) is 23.2. The molecule has 3 aromatic carbocycles. The third-order valence-electron chi connectivity index (χ3n) is 7.53. The lowest BCUT2D eigenvalue weighted by atomic mass is 9.73. The van der Waals surface area contributed by atoms with Gasteiger partial charge >= 0.3 is 0 Å². The van der Waals surface area contributed by atoms with Crippen molar-refractivity contribution in [3.8, 4) is 5.69 Å². The molecule has 1 atom stereocenters. The number of benzene rings is 3. The summed E-state index contributed by atoms with van der Waals surface area (Å²) in [6, 6.07) is 21.3. The smallest absolute Gasteiger partial charge is 0.257 e. The lowest BCUT2D eigenvalue weighted by Gasteiger charge is -2.32. The lowest BCUT2D eigenvalue weighted by molar-refractivity contribution is 0.0783. The highest BCUT2D eigenvalue weighted by Gasteiger charge is 2.42. The van der Waals surface area contributed by atoms with E-state index >= 15 is 0 Å². The van der Waals surface area contributed by atoms with Crippen LogP contribution in [0.4, 0.5) is 4.39 Å². The van der Waals surface area contributed by atoms with Gasteiger partial charge in [-0.2, -0.15) is 10.2 Å². The van der Waals surface area contributed by atoms with Gasteiger partial charge in [-0.15, -0.1) is 0 Å². The summed E-state index contributed by atoms with van der Waals surface area (Å²) in [5.74, 6) is -0.251. The summed E-state index contributed by atoms with van der Waals surface area (Å²) in [5.41, 5.74) is 5.83. The van der Waals surface area contributed by atoms with E-state index in [1.165, 1.54) is 23.3 Å². The van der Waals surface area contributed by atoms with Gasteiger partial charge in [0.2, 0.25) is 0 Å². The maximum Gasteiger partial charge on any atom is 0.257 e. The molecule has 0 spiro atoms. The van der Waals surface area contributed by atoms with Crippen molar-refractivity contribution in [3.63, 3.8) is 0 Å². The topological polar surface area (TPSA) is 56.0 Å². The normalized spacial score (nSPS) is 17.5. The second kappa shape index (κ2) is 9.00. The molecule has 0 N–H and O–H groups in total. The van der Waals surface area contributed by atoms with Crippen molar-refractivity contribution in [2.24, 2.45) is 7.05 Å². The molecule has 0 bridgehead atoms. The summed E-state index contributed by atoms with van der Waals surface area (Å²) in [5, 5.41) is 9.83. The number of fused-ring (bicyclic) bond motifs is 1. The molecule has 0 radical (unpaired) electrons. The van der Waals surface area contributed by atoms with E-state index in [1.54, 1.807) is 29.2 Å². The second-order valence-corrected chi connectivity index (χ2v) is 10.1. The van der Waals surface area contributed by atoms with Crippen molar-refractivity contribution in [2.75, 3.05) is 13.1 Å². The Bertz CT molecular complexity index is 1590. The molecule has 3 heterocycles. The van der Waals surface area contributed by atoms with Gasteiger partial charge in [0, 0.05) is 37.1 Å². The molecule has 0 aliphatic carbocycles. The van der Waals surface area contributed by atoms with Crippen LogP contribution in [0.15, 0.2) is 85.3 Å². The van der Waals surface area contributed by atoms with Crippen molar-refractivity contribution in [2.45, 2.75) is 25.2 Å². The number of aromatic nitrogens is 4. The van der Waals surface area contributed by atoms with Crippen molar-refractivity contribution in [1.82, 2.24) is 24.5 Å². The predicted molar refractivity (Wildman–Crippen MR) is 141 cm³/mol. The molecule has 0 saturated carbocycles. The maximum absolute atomic E-state index is 13.5. The average Bonchev–Trinajstić information content (AvgIpc) is 3.63. The Balaban J connectivity index is 1.41. The van der Waals surface area contributed by atoms with E-state index in [4.69, 9.17) is 0 Å². The molecule has 7 heteroatoms. The number of halogens is 1. The summed E-state index contributed by atoms with van der Waals surface area (Å²) in [7, 11) is 1.82. The van der Waals surface area contributed by atoms with E-state index in [0.717, 1.165) is 35.0 Å². The zero-order valence-corrected chi connectivity index (χ0v) is 20.9. The molecule has 6 rings (SSSR count). The highest BCUT2D eigenvalue weighted by atomic mass is 19.1. The zero-order chi connectivity index (χ0) is 25.6. The average molecular weight is 494 g/mol. The Morgan fingerprint density at radius 1 is 1.03 bits per heavy atom. The SMILES string of the molecule is Cc1cc2c(cnn2-c2ccc(F)cc2)cc1C1(Cc2ccccc2)CCN(C(=O)c2cnn(C)c2)C1. The Hall–Kier alpha value is -4.26. The van der Waals surface area contributed by atoms with E-state index < -0.39 is 0 Å². The molecule has 1 unspecified atom stereocenters. The number of carbonyl (C=O) groups is 1. The zero-order valence-electron chi connectivity index (χ0n) is 20.9. The molecule has 186 valence electrons. The highest BCUT2D eigenvalue weighted by molar-refractivity contribution is 5.94. The van der Waals surface area contributed by atoms with Crippen LogP contribution in [-0.4, -0.2) is 43.5 Å².